The minimum atomic E-state index is -0.832. The number of aromatic nitrogens is 3. The molecule has 1 atom stereocenters. The molecule has 7 nitrogen and oxygen atoms in total. The van der Waals surface area contributed by atoms with E-state index in [1.807, 2.05) is 32.9 Å². The molecule has 34 heavy (non-hydrogen) atoms. The van der Waals surface area contributed by atoms with E-state index in [0.717, 1.165) is 43.6 Å². The number of fused-ring (bicyclic) bond motifs is 1. The Kier molecular flexibility index (Phi) is 7.05. The highest BCUT2D eigenvalue weighted by atomic mass is 19.1. The smallest absolute Gasteiger partial charge is 0.251 e. The number of hydrogen-bond donors (Lipinski definition) is 2. The Morgan fingerprint density at radius 1 is 1.03 bits per heavy atom. The predicted molar refractivity (Wildman–Crippen MR) is 129 cm³/mol. The average Bonchev–Trinajstić information content (AvgIpc) is 3.06. The molecule has 0 saturated carbocycles. The van der Waals surface area contributed by atoms with E-state index in [1.165, 1.54) is 6.07 Å². The van der Waals surface area contributed by atoms with E-state index in [0.29, 0.717) is 17.0 Å². The monoisotopic (exact) mass is 463 g/mol. The summed E-state index contributed by atoms with van der Waals surface area (Å²) < 4.78 is 16.7. The van der Waals surface area contributed by atoms with Gasteiger partial charge in [0.25, 0.3) is 5.91 Å². The summed E-state index contributed by atoms with van der Waals surface area (Å²) in [5.41, 5.74) is 2.23. The first-order chi connectivity index (χ1) is 16.3. The first-order valence-corrected chi connectivity index (χ1v) is 11.7. The molecule has 1 aliphatic heterocycles. The Morgan fingerprint density at radius 2 is 1.79 bits per heavy atom. The highest BCUT2D eigenvalue weighted by Crippen LogP contribution is 2.27. The third-order valence-electron chi connectivity index (χ3n) is 6.14. The lowest BCUT2D eigenvalue weighted by Crippen LogP contribution is -2.47. The van der Waals surface area contributed by atoms with Crippen molar-refractivity contribution >= 4 is 17.5 Å². The highest BCUT2D eigenvalue weighted by molar-refractivity contribution is 6.01. The van der Waals surface area contributed by atoms with Gasteiger partial charge in [0.2, 0.25) is 5.91 Å². The van der Waals surface area contributed by atoms with E-state index in [9.17, 15) is 14.0 Å². The van der Waals surface area contributed by atoms with Gasteiger partial charge in [-0.25, -0.2) is 4.39 Å². The van der Waals surface area contributed by atoms with Crippen LogP contribution < -0.4 is 10.6 Å². The summed E-state index contributed by atoms with van der Waals surface area (Å²) >= 11 is 0. The first-order valence-electron chi connectivity index (χ1n) is 11.7. The molecule has 178 valence electrons. The van der Waals surface area contributed by atoms with Crippen molar-refractivity contribution in [2.24, 2.45) is 5.92 Å². The molecule has 0 saturated heterocycles. The normalized spacial score (nSPS) is 14.3. The highest BCUT2D eigenvalue weighted by Gasteiger charge is 2.26. The minimum absolute atomic E-state index is 0.0451. The van der Waals surface area contributed by atoms with Crippen LogP contribution in [0.2, 0.25) is 0 Å². The molecule has 0 radical (unpaired) electrons. The van der Waals surface area contributed by atoms with Crippen LogP contribution in [-0.4, -0.2) is 32.6 Å². The summed E-state index contributed by atoms with van der Waals surface area (Å²) in [7, 11) is 0. The van der Waals surface area contributed by atoms with Crippen molar-refractivity contribution in [3.05, 3.63) is 65.2 Å². The van der Waals surface area contributed by atoms with E-state index >= 15 is 0 Å². The summed E-state index contributed by atoms with van der Waals surface area (Å²) in [5.74, 6) is 0.00960. The quantitative estimate of drug-likeness (QED) is 0.563. The first kappa shape index (κ1) is 23.6. The van der Waals surface area contributed by atoms with Gasteiger partial charge in [-0.15, -0.1) is 10.2 Å². The molecule has 4 rings (SSSR count). The zero-order valence-corrected chi connectivity index (χ0v) is 19.8. The maximum Gasteiger partial charge on any atom is 0.251 e. The molecule has 2 aromatic carbocycles. The van der Waals surface area contributed by atoms with E-state index in [-0.39, 0.29) is 17.5 Å². The summed E-state index contributed by atoms with van der Waals surface area (Å²) in [4.78, 5) is 25.8. The van der Waals surface area contributed by atoms with Gasteiger partial charge in [0, 0.05) is 24.1 Å². The van der Waals surface area contributed by atoms with Crippen molar-refractivity contribution in [2.75, 3.05) is 5.32 Å². The lowest BCUT2D eigenvalue weighted by atomic mass is 10.0. The second kappa shape index (κ2) is 10.2. The number of carbonyl (C=O) groups excluding carboxylic acids is 2. The van der Waals surface area contributed by atoms with E-state index in [1.54, 1.807) is 24.3 Å². The Balaban J connectivity index is 1.54. The van der Waals surface area contributed by atoms with Crippen molar-refractivity contribution in [3.63, 3.8) is 0 Å². The lowest BCUT2D eigenvalue weighted by molar-refractivity contribution is -0.118. The number of benzene rings is 2. The van der Waals surface area contributed by atoms with Gasteiger partial charge in [-0.1, -0.05) is 38.0 Å². The van der Waals surface area contributed by atoms with Gasteiger partial charge in [-0.05, 0) is 56.0 Å². The van der Waals surface area contributed by atoms with Crippen LogP contribution in [0.25, 0.3) is 11.4 Å². The van der Waals surface area contributed by atoms with Crippen LogP contribution >= 0.6 is 0 Å². The van der Waals surface area contributed by atoms with Crippen molar-refractivity contribution in [3.8, 4) is 11.4 Å². The molecule has 8 heteroatoms. The number of nitrogens with zero attached hydrogens (tertiary/aromatic N) is 3. The zero-order chi connectivity index (χ0) is 24.2. The Bertz CT molecular complexity index is 1190. The van der Waals surface area contributed by atoms with Gasteiger partial charge in [0.15, 0.2) is 5.82 Å². The van der Waals surface area contributed by atoms with Gasteiger partial charge in [-0.3, -0.25) is 9.59 Å². The maximum absolute atomic E-state index is 14.7. The van der Waals surface area contributed by atoms with Crippen molar-refractivity contribution in [2.45, 2.75) is 59.0 Å². The third-order valence-corrected chi connectivity index (χ3v) is 6.14. The Labute approximate surface area is 198 Å². The van der Waals surface area contributed by atoms with Crippen molar-refractivity contribution < 1.29 is 14.0 Å². The molecular weight excluding hydrogens is 433 g/mol. The molecule has 1 aliphatic rings. The Morgan fingerprint density at radius 3 is 2.53 bits per heavy atom. The van der Waals surface area contributed by atoms with Crippen LogP contribution in [0.15, 0.2) is 42.5 Å². The molecule has 2 N–H and O–H groups in total. The summed E-state index contributed by atoms with van der Waals surface area (Å²) in [5, 5.41) is 14.1. The van der Waals surface area contributed by atoms with Crippen LogP contribution in [0.5, 0.6) is 0 Å². The number of anilines is 1. The zero-order valence-electron chi connectivity index (χ0n) is 19.8. The fraction of sp³-hybridized carbons (Fsp3) is 0.385. The number of rotatable bonds is 6. The van der Waals surface area contributed by atoms with Gasteiger partial charge in [-0.2, -0.15) is 0 Å². The third kappa shape index (κ3) is 5.16. The van der Waals surface area contributed by atoms with Gasteiger partial charge in [0.05, 0.1) is 5.69 Å². The van der Waals surface area contributed by atoms with Gasteiger partial charge in [0.1, 0.15) is 17.7 Å². The average molecular weight is 464 g/mol. The summed E-state index contributed by atoms with van der Waals surface area (Å²) in [6.07, 6.45) is 4.13. The van der Waals surface area contributed by atoms with Gasteiger partial charge >= 0.3 is 0 Å². The van der Waals surface area contributed by atoms with Crippen molar-refractivity contribution in [1.82, 2.24) is 20.1 Å². The van der Waals surface area contributed by atoms with Crippen LogP contribution in [0, 0.1) is 18.7 Å². The fourth-order valence-corrected chi connectivity index (χ4v) is 4.13. The fourth-order valence-electron chi connectivity index (χ4n) is 4.13. The number of amides is 2. The predicted octanol–water partition coefficient (Wildman–Crippen LogP) is 4.51. The number of carbonyl (C=O) groups is 2. The molecule has 1 aromatic heterocycles. The second-order valence-electron chi connectivity index (χ2n) is 9.15. The molecule has 0 spiro atoms. The molecule has 1 unspecified atom stereocenters. The van der Waals surface area contributed by atoms with E-state index in [2.05, 4.69) is 25.4 Å². The van der Waals surface area contributed by atoms with Crippen LogP contribution in [0.3, 0.4) is 0 Å². The number of aryl methyl sites for hydroxylation is 2. The van der Waals surface area contributed by atoms with Crippen LogP contribution in [-0.2, 0) is 17.8 Å². The van der Waals surface area contributed by atoms with Crippen LogP contribution in [0.1, 0.15) is 54.9 Å². The summed E-state index contributed by atoms with van der Waals surface area (Å²) in [6.45, 7) is 6.42. The summed E-state index contributed by atoms with van der Waals surface area (Å²) in [6, 6.07) is 10.8. The molecule has 2 amide bonds. The lowest BCUT2D eigenvalue weighted by Gasteiger charge is -2.22. The largest absolute Gasteiger partial charge is 0.340 e. The number of halogens is 1. The Hall–Kier alpha value is -3.55. The van der Waals surface area contributed by atoms with Crippen molar-refractivity contribution in [1.29, 1.82) is 0 Å². The molecule has 0 aliphatic carbocycles. The second-order valence-corrected chi connectivity index (χ2v) is 9.15. The number of nitrogens with one attached hydrogen (secondary N) is 2. The number of hydrogen-bond acceptors (Lipinski definition) is 4. The van der Waals surface area contributed by atoms with E-state index < -0.39 is 17.8 Å². The van der Waals surface area contributed by atoms with Gasteiger partial charge < -0.3 is 15.2 Å². The molecule has 2 heterocycles. The maximum atomic E-state index is 14.7. The SMILES string of the molecule is Cc1ccc(C(=O)NC(C(=O)Nc2cc(-c3nnc4n3CCCCC4)ccc2F)C(C)C)cc1. The molecule has 0 bridgehead atoms. The van der Waals surface area contributed by atoms with Crippen LogP contribution in [0.4, 0.5) is 10.1 Å². The van der Waals surface area contributed by atoms with E-state index in [4.69, 9.17) is 0 Å². The standard InChI is InChI=1S/C26H30FN5O2/c1-16(2)23(29-25(33)18-10-8-17(3)9-11-18)26(34)28-21-15-19(12-13-20(21)27)24-31-30-22-7-5-4-6-14-32(22)24/h8-13,15-16,23H,4-7,14H2,1-3H3,(H,28,34)(H,29,33). The molecular formula is C26H30FN5O2. The minimum Gasteiger partial charge on any atom is -0.340 e. The molecule has 0 fully saturated rings. The molecule has 3 aromatic rings. The topological polar surface area (TPSA) is 88.9 Å².